The van der Waals surface area contributed by atoms with Crippen LogP contribution in [-0.4, -0.2) is 18.2 Å². The van der Waals surface area contributed by atoms with E-state index in [0.29, 0.717) is 6.04 Å². The molecule has 1 aliphatic heterocycles. The fourth-order valence-corrected chi connectivity index (χ4v) is 4.51. The van der Waals surface area contributed by atoms with Crippen molar-refractivity contribution in [2.24, 2.45) is 0 Å². The molecule has 104 valence electrons. The highest BCUT2D eigenvalue weighted by atomic mass is 79.9. The van der Waals surface area contributed by atoms with Crippen LogP contribution in [-0.2, 0) is 4.74 Å². The Balaban J connectivity index is 1.69. The van der Waals surface area contributed by atoms with Crippen LogP contribution in [0, 0.1) is 0 Å². The van der Waals surface area contributed by atoms with Crippen LogP contribution in [0.15, 0.2) is 27.1 Å². The van der Waals surface area contributed by atoms with Crippen LogP contribution >= 0.6 is 31.9 Å². The molecule has 2 fully saturated rings. The Morgan fingerprint density at radius 2 is 2.00 bits per heavy atom. The minimum atomic E-state index is 0.178. The van der Waals surface area contributed by atoms with Gasteiger partial charge in [-0.05, 0) is 59.8 Å². The summed E-state index contributed by atoms with van der Waals surface area (Å²) in [5.41, 5.74) is 1.36. The summed E-state index contributed by atoms with van der Waals surface area (Å²) >= 11 is 7.12. The van der Waals surface area contributed by atoms with Crippen LogP contribution < -0.4 is 5.32 Å². The van der Waals surface area contributed by atoms with Crippen molar-refractivity contribution in [3.63, 3.8) is 0 Å². The van der Waals surface area contributed by atoms with E-state index in [2.05, 4.69) is 55.4 Å². The third-order valence-corrected chi connectivity index (χ3v) is 5.45. The number of ether oxygens (including phenoxy) is 1. The molecule has 19 heavy (non-hydrogen) atoms. The molecule has 1 N–H and O–H groups in total. The molecular weight excluding hydrogens is 370 g/mol. The van der Waals surface area contributed by atoms with E-state index in [1.807, 2.05) is 0 Å². The third-order valence-electron chi connectivity index (χ3n) is 4.30. The Morgan fingerprint density at radius 3 is 2.74 bits per heavy atom. The first-order valence-electron chi connectivity index (χ1n) is 7.02. The maximum Gasteiger partial charge on any atom is 0.0702 e. The smallest absolute Gasteiger partial charge is 0.0702 e. The highest BCUT2D eigenvalue weighted by molar-refractivity contribution is 9.11. The average Bonchev–Trinajstić information content (AvgIpc) is 2.81. The van der Waals surface area contributed by atoms with E-state index in [9.17, 15) is 0 Å². The zero-order chi connectivity index (χ0) is 13.3. The molecule has 1 spiro atoms. The molecule has 0 bridgehead atoms. The monoisotopic (exact) mass is 387 g/mol. The predicted octanol–water partition coefficient (Wildman–Crippen LogP) is 5.12. The van der Waals surface area contributed by atoms with Gasteiger partial charge in [-0.15, -0.1) is 0 Å². The predicted molar refractivity (Wildman–Crippen MR) is 85.6 cm³/mol. The molecule has 0 aromatic heterocycles. The highest BCUT2D eigenvalue weighted by Gasteiger charge is 2.39. The summed E-state index contributed by atoms with van der Waals surface area (Å²) < 4.78 is 8.30. The van der Waals surface area contributed by atoms with Gasteiger partial charge in [0.25, 0.3) is 0 Å². The lowest BCUT2D eigenvalue weighted by molar-refractivity contribution is -0.0767. The van der Waals surface area contributed by atoms with Crippen molar-refractivity contribution in [2.45, 2.75) is 50.2 Å². The molecule has 0 amide bonds. The minimum Gasteiger partial charge on any atom is -0.381 e. The number of rotatable bonds is 2. The van der Waals surface area contributed by atoms with Crippen molar-refractivity contribution in [3.05, 3.63) is 27.1 Å². The Kier molecular flexibility index (Phi) is 4.20. The molecule has 1 saturated carbocycles. The van der Waals surface area contributed by atoms with Gasteiger partial charge in [0.2, 0.25) is 0 Å². The molecule has 1 aromatic carbocycles. The van der Waals surface area contributed by atoms with Gasteiger partial charge in [-0.3, -0.25) is 0 Å². The van der Waals surface area contributed by atoms with Gasteiger partial charge in [0, 0.05) is 27.3 Å². The molecule has 4 heteroatoms. The molecule has 1 aliphatic carbocycles. The van der Waals surface area contributed by atoms with Crippen LogP contribution in [0.3, 0.4) is 0 Å². The first-order chi connectivity index (χ1) is 9.17. The van der Waals surface area contributed by atoms with Crippen molar-refractivity contribution < 1.29 is 4.74 Å². The maximum absolute atomic E-state index is 6.08. The van der Waals surface area contributed by atoms with Gasteiger partial charge >= 0.3 is 0 Å². The summed E-state index contributed by atoms with van der Waals surface area (Å²) in [6.45, 7) is 0.895. The fraction of sp³-hybridized carbons (Fsp3) is 0.600. The van der Waals surface area contributed by atoms with Gasteiger partial charge in [-0.2, -0.15) is 0 Å². The van der Waals surface area contributed by atoms with Gasteiger partial charge in [-0.1, -0.05) is 28.8 Å². The zero-order valence-corrected chi connectivity index (χ0v) is 14.1. The molecule has 2 aliphatic rings. The molecule has 1 saturated heterocycles. The normalized spacial score (nSPS) is 25.7. The van der Waals surface area contributed by atoms with Gasteiger partial charge < -0.3 is 10.1 Å². The van der Waals surface area contributed by atoms with E-state index in [4.69, 9.17) is 4.74 Å². The summed E-state index contributed by atoms with van der Waals surface area (Å²) in [6.07, 6.45) is 7.39. The van der Waals surface area contributed by atoms with Gasteiger partial charge in [0.15, 0.2) is 0 Å². The molecule has 1 aromatic rings. The first kappa shape index (κ1) is 13.9. The second kappa shape index (κ2) is 5.74. The third kappa shape index (κ3) is 3.17. The summed E-state index contributed by atoms with van der Waals surface area (Å²) in [5.74, 6) is 0. The lowest BCUT2D eigenvalue weighted by Crippen LogP contribution is -2.42. The van der Waals surface area contributed by atoms with E-state index in [-0.39, 0.29) is 5.60 Å². The lowest BCUT2D eigenvalue weighted by atomic mass is 9.89. The van der Waals surface area contributed by atoms with Crippen LogP contribution in [0.1, 0.15) is 38.5 Å². The Labute approximate surface area is 131 Å². The minimum absolute atomic E-state index is 0.178. The van der Waals surface area contributed by atoms with Crippen LogP contribution in [0.2, 0.25) is 0 Å². The number of benzene rings is 1. The van der Waals surface area contributed by atoms with E-state index in [0.717, 1.165) is 28.4 Å². The number of halogens is 2. The molecular formula is C15H19Br2NO. The summed E-state index contributed by atoms with van der Waals surface area (Å²) in [6, 6.07) is 6.83. The van der Waals surface area contributed by atoms with Gasteiger partial charge in [0.05, 0.1) is 5.60 Å². The second-order valence-electron chi connectivity index (χ2n) is 5.70. The Hall–Kier alpha value is -0.0600. The molecule has 0 radical (unpaired) electrons. The van der Waals surface area contributed by atoms with Crippen molar-refractivity contribution in [2.75, 3.05) is 11.9 Å². The fourth-order valence-electron chi connectivity index (χ4n) is 3.35. The zero-order valence-electron chi connectivity index (χ0n) is 10.9. The molecule has 2 nitrogen and oxygen atoms in total. The first-order valence-corrected chi connectivity index (χ1v) is 8.61. The molecule has 3 rings (SSSR count). The van der Waals surface area contributed by atoms with Crippen LogP contribution in [0.4, 0.5) is 5.69 Å². The standard InChI is InChI=1S/C15H19Br2NO/c16-11-3-4-14(13(17)9-11)18-12-5-8-19-15(10-12)6-1-2-7-15/h3-4,9,12,18H,1-2,5-8,10H2. The van der Waals surface area contributed by atoms with Gasteiger partial charge in [0.1, 0.15) is 0 Å². The van der Waals surface area contributed by atoms with E-state index in [1.54, 1.807) is 0 Å². The maximum atomic E-state index is 6.08. The largest absolute Gasteiger partial charge is 0.381 e. The van der Waals surface area contributed by atoms with E-state index in [1.165, 1.54) is 31.4 Å². The summed E-state index contributed by atoms with van der Waals surface area (Å²) in [5, 5.41) is 3.68. The number of nitrogens with one attached hydrogen (secondary N) is 1. The van der Waals surface area contributed by atoms with E-state index >= 15 is 0 Å². The number of hydrogen-bond acceptors (Lipinski definition) is 2. The van der Waals surface area contributed by atoms with Gasteiger partial charge in [-0.25, -0.2) is 0 Å². The molecule has 1 heterocycles. The average molecular weight is 389 g/mol. The quantitative estimate of drug-likeness (QED) is 0.759. The van der Waals surface area contributed by atoms with Crippen molar-refractivity contribution in [3.8, 4) is 0 Å². The summed E-state index contributed by atoms with van der Waals surface area (Å²) in [7, 11) is 0. The van der Waals surface area contributed by atoms with Crippen molar-refractivity contribution in [1.29, 1.82) is 0 Å². The second-order valence-corrected chi connectivity index (χ2v) is 7.47. The van der Waals surface area contributed by atoms with Crippen molar-refractivity contribution in [1.82, 2.24) is 0 Å². The SMILES string of the molecule is Brc1ccc(NC2CCOC3(CCCC3)C2)c(Br)c1. The molecule has 1 unspecified atom stereocenters. The van der Waals surface area contributed by atoms with Crippen molar-refractivity contribution >= 4 is 37.5 Å². The number of anilines is 1. The summed E-state index contributed by atoms with van der Waals surface area (Å²) in [4.78, 5) is 0. The lowest BCUT2D eigenvalue weighted by Gasteiger charge is -2.39. The Bertz CT molecular complexity index is 457. The number of hydrogen-bond donors (Lipinski definition) is 1. The molecule has 1 atom stereocenters. The highest BCUT2D eigenvalue weighted by Crippen LogP contribution is 2.41. The van der Waals surface area contributed by atoms with Crippen LogP contribution in [0.25, 0.3) is 0 Å². The Morgan fingerprint density at radius 1 is 1.21 bits per heavy atom. The topological polar surface area (TPSA) is 21.3 Å². The van der Waals surface area contributed by atoms with E-state index < -0.39 is 0 Å². The van der Waals surface area contributed by atoms with Crippen LogP contribution in [0.5, 0.6) is 0 Å².